The second-order valence-electron chi connectivity index (χ2n) is 5.96. The Bertz CT molecular complexity index is 684. The number of carbonyl (C=O) groups is 1. The van der Waals surface area contributed by atoms with Gasteiger partial charge in [0.25, 0.3) is 5.91 Å². The van der Waals surface area contributed by atoms with Crippen molar-refractivity contribution in [1.29, 1.82) is 0 Å². The number of piperidine rings is 1. The lowest BCUT2D eigenvalue weighted by atomic mass is 10.1. The van der Waals surface area contributed by atoms with Crippen LogP contribution in [-0.2, 0) is 0 Å². The third-order valence-electron chi connectivity index (χ3n) is 4.33. The van der Waals surface area contributed by atoms with E-state index in [0.29, 0.717) is 17.1 Å². The lowest BCUT2D eigenvalue weighted by molar-refractivity contribution is 0.0914. The van der Waals surface area contributed by atoms with E-state index in [0.717, 1.165) is 23.3 Å². The van der Waals surface area contributed by atoms with E-state index < -0.39 is 0 Å². The number of benzene rings is 1. The molecule has 0 spiro atoms. The molecule has 6 heteroatoms. The number of nitrogens with zero attached hydrogens (tertiary/aromatic N) is 1. The molecule has 1 atom stereocenters. The van der Waals surface area contributed by atoms with Crippen molar-refractivity contribution in [1.82, 2.24) is 10.2 Å². The summed E-state index contributed by atoms with van der Waals surface area (Å²) in [5.41, 5.74) is 0.475. The van der Waals surface area contributed by atoms with Crippen LogP contribution in [0.3, 0.4) is 0 Å². The van der Waals surface area contributed by atoms with E-state index >= 15 is 0 Å². The summed E-state index contributed by atoms with van der Waals surface area (Å²) >= 11 is 9.52. The first-order valence-electron chi connectivity index (χ1n) is 8.16. The molecule has 128 valence electrons. The van der Waals surface area contributed by atoms with Gasteiger partial charge in [-0.1, -0.05) is 34.0 Å². The molecule has 1 N–H and O–H groups in total. The van der Waals surface area contributed by atoms with E-state index in [1.54, 1.807) is 18.4 Å². The maximum atomic E-state index is 12.5. The highest BCUT2D eigenvalue weighted by molar-refractivity contribution is 9.10. The average Bonchev–Trinajstić information content (AvgIpc) is 3.12. The number of hydrogen-bond acceptors (Lipinski definition) is 3. The van der Waals surface area contributed by atoms with Crippen LogP contribution in [0.5, 0.6) is 0 Å². The highest BCUT2D eigenvalue weighted by Gasteiger charge is 2.25. The van der Waals surface area contributed by atoms with Crippen molar-refractivity contribution in [2.75, 3.05) is 19.6 Å². The maximum absolute atomic E-state index is 12.5. The predicted octanol–water partition coefficient (Wildman–Crippen LogP) is 4.65. The molecule has 4 nitrogen and oxygen atoms in total. The second-order valence-corrected chi connectivity index (χ2v) is 7.28. The first-order valence-corrected chi connectivity index (χ1v) is 9.33. The average molecular weight is 412 g/mol. The number of likely N-dealkylation sites (tertiary alicyclic amines) is 1. The molecule has 1 aromatic heterocycles. The zero-order chi connectivity index (χ0) is 16.9. The molecule has 1 aliphatic heterocycles. The molecule has 0 radical (unpaired) electrons. The maximum Gasteiger partial charge on any atom is 0.252 e. The van der Waals surface area contributed by atoms with Gasteiger partial charge in [-0.2, -0.15) is 0 Å². The summed E-state index contributed by atoms with van der Waals surface area (Å²) in [5.74, 6) is 0.715. The Morgan fingerprint density at radius 3 is 2.79 bits per heavy atom. The molecular formula is C18H20BrClN2O2. The van der Waals surface area contributed by atoms with E-state index in [9.17, 15) is 4.79 Å². The standard InChI is InChI=1S/C18H20BrClN2O2/c19-13-6-7-15(20)14(11-13)18(23)21-12-16(17-5-4-10-24-17)22-8-2-1-3-9-22/h4-7,10-11,16H,1-3,8-9,12H2,(H,21,23)/t16-/m0/s1. The number of furan rings is 1. The first kappa shape index (κ1) is 17.5. The molecule has 2 heterocycles. The number of hydrogen-bond donors (Lipinski definition) is 1. The molecule has 1 saturated heterocycles. The van der Waals surface area contributed by atoms with Crippen molar-refractivity contribution in [2.24, 2.45) is 0 Å². The Balaban J connectivity index is 1.71. The van der Waals surface area contributed by atoms with Crippen LogP contribution in [0.4, 0.5) is 0 Å². The van der Waals surface area contributed by atoms with Gasteiger partial charge in [-0.25, -0.2) is 0 Å². The number of nitrogens with one attached hydrogen (secondary N) is 1. The monoisotopic (exact) mass is 410 g/mol. The van der Waals surface area contributed by atoms with Crippen LogP contribution in [0.15, 0.2) is 45.5 Å². The van der Waals surface area contributed by atoms with Crippen LogP contribution in [0.25, 0.3) is 0 Å². The molecule has 1 fully saturated rings. The quantitative estimate of drug-likeness (QED) is 0.779. The molecule has 0 bridgehead atoms. The zero-order valence-electron chi connectivity index (χ0n) is 13.3. The third kappa shape index (κ3) is 4.21. The Hall–Kier alpha value is -1.30. The highest BCUT2D eigenvalue weighted by Crippen LogP contribution is 2.25. The largest absolute Gasteiger partial charge is 0.468 e. The molecule has 0 saturated carbocycles. The van der Waals surface area contributed by atoms with Gasteiger partial charge < -0.3 is 9.73 Å². The van der Waals surface area contributed by atoms with E-state index in [-0.39, 0.29) is 11.9 Å². The van der Waals surface area contributed by atoms with Crippen LogP contribution in [0.2, 0.25) is 5.02 Å². The normalized spacial score (nSPS) is 16.8. The fraction of sp³-hybridized carbons (Fsp3) is 0.389. The summed E-state index contributed by atoms with van der Waals surface area (Å²) < 4.78 is 6.43. The minimum absolute atomic E-state index is 0.0511. The predicted molar refractivity (Wildman–Crippen MR) is 98.4 cm³/mol. The van der Waals surface area contributed by atoms with Gasteiger partial charge in [-0.05, 0) is 56.3 Å². The molecular weight excluding hydrogens is 392 g/mol. The van der Waals surface area contributed by atoms with Gasteiger partial charge in [0.1, 0.15) is 5.76 Å². The summed E-state index contributed by atoms with van der Waals surface area (Å²) in [4.78, 5) is 14.9. The summed E-state index contributed by atoms with van der Waals surface area (Å²) in [6.07, 6.45) is 5.31. The van der Waals surface area contributed by atoms with E-state index in [1.165, 1.54) is 19.3 Å². The fourth-order valence-electron chi connectivity index (χ4n) is 3.08. The van der Waals surface area contributed by atoms with E-state index in [2.05, 4.69) is 26.1 Å². The van der Waals surface area contributed by atoms with Crippen LogP contribution in [0.1, 0.15) is 41.4 Å². The Morgan fingerprint density at radius 2 is 2.08 bits per heavy atom. The van der Waals surface area contributed by atoms with Gasteiger partial charge in [0.15, 0.2) is 0 Å². The number of halogens is 2. The summed E-state index contributed by atoms with van der Waals surface area (Å²) in [6, 6.07) is 9.18. The highest BCUT2D eigenvalue weighted by atomic mass is 79.9. The van der Waals surface area contributed by atoms with Gasteiger partial charge >= 0.3 is 0 Å². The number of carbonyl (C=O) groups excluding carboxylic acids is 1. The second kappa shape index (κ2) is 8.19. The molecule has 0 aliphatic carbocycles. The topological polar surface area (TPSA) is 45.5 Å². The summed E-state index contributed by atoms with van der Waals surface area (Å²) in [5, 5.41) is 3.45. The van der Waals surface area contributed by atoms with Crippen LogP contribution >= 0.6 is 27.5 Å². The van der Waals surface area contributed by atoms with Gasteiger partial charge in [-0.15, -0.1) is 0 Å². The molecule has 2 aromatic rings. The molecule has 3 rings (SSSR count). The number of amides is 1. The van der Waals surface area contributed by atoms with Gasteiger partial charge in [-0.3, -0.25) is 9.69 Å². The number of rotatable bonds is 5. The molecule has 0 unspecified atom stereocenters. The lowest BCUT2D eigenvalue weighted by Crippen LogP contribution is -2.40. The minimum Gasteiger partial charge on any atom is -0.468 e. The van der Waals surface area contributed by atoms with Gasteiger partial charge in [0, 0.05) is 11.0 Å². The molecule has 1 aliphatic rings. The van der Waals surface area contributed by atoms with Gasteiger partial charge in [0.2, 0.25) is 0 Å². The smallest absolute Gasteiger partial charge is 0.252 e. The van der Waals surface area contributed by atoms with Crippen LogP contribution in [-0.4, -0.2) is 30.4 Å². The minimum atomic E-state index is -0.171. The van der Waals surface area contributed by atoms with Crippen molar-refractivity contribution in [3.63, 3.8) is 0 Å². The van der Waals surface area contributed by atoms with E-state index in [4.69, 9.17) is 16.0 Å². The summed E-state index contributed by atoms with van der Waals surface area (Å²) in [7, 11) is 0. The molecule has 1 aromatic carbocycles. The SMILES string of the molecule is O=C(NC[C@@H](c1ccco1)N1CCCCC1)c1cc(Br)ccc1Cl. The molecule has 1 amide bonds. The van der Waals surface area contributed by atoms with Crippen molar-refractivity contribution in [3.05, 3.63) is 57.4 Å². The van der Waals surface area contributed by atoms with Crippen molar-refractivity contribution < 1.29 is 9.21 Å². The summed E-state index contributed by atoms with van der Waals surface area (Å²) in [6.45, 7) is 2.55. The fourth-order valence-corrected chi connectivity index (χ4v) is 3.64. The Labute approximate surface area is 155 Å². The third-order valence-corrected chi connectivity index (χ3v) is 5.15. The van der Waals surface area contributed by atoms with Crippen LogP contribution < -0.4 is 5.32 Å². The van der Waals surface area contributed by atoms with Gasteiger partial charge in [0.05, 0.1) is 22.9 Å². The lowest BCUT2D eigenvalue weighted by Gasteiger charge is -2.33. The van der Waals surface area contributed by atoms with Crippen molar-refractivity contribution >= 4 is 33.4 Å². The van der Waals surface area contributed by atoms with Crippen molar-refractivity contribution in [3.8, 4) is 0 Å². The van der Waals surface area contributed by atoms with E-state index in [1.807, 2.05) is 18.2 Å². The molecule has 24 heavy (non-hydrogen) atoms. The zero-order valence-corrected chi connectivity index (χ0v) is 15.6. The first-order chi connectivity index (χ1) is 11.6. The van der Waals surface area contributed by atoms with Crippen molar-refractivity contribution in [2.45, 2.75) is 25.3 Å². The Kier molecular flexibility index (Phi) is 5.98. The Morgan fingerprint density at radius 1 is 1.29 bits per heavy atom. The van der Waals surface area contributed by atoms with Crippen LogP contribution in [0, 0.1) is 0 Å².